The zero-order valence-electron chi connectivity index (χ0n) is 33.2. The van der Waals surface area contributed by atoms with Crippen molar-refractivity contribution in [2.75, 3.05) is 4.90 Å². The number of benzene rings is 10. The predicted octanol–water partition coefficient (Wildman–Crippen LogP) is 16.3. The summed E-state index contributed by atoms with van der Waals surface area (Å²) in [6, 6.07) is 82.8. The molecule has 0 radical (unpaired) electrons. The first kappa shape index (κ1) is 34.9. The van der Waals surface area contributed by atoms with Gasteiger partial charge in [-0.2, -0.15) is 0 Å². The van der Waals surface area contributed by atoms with Crippen LogP contribution in [0.1, 0.15) is 0 Å². The lowest BCUT2D eigenvalue weighted by Crippen LogP contribution is -2.11. The van der Waals surface area contributed by atoms with Crippen molar-refractivity contribution in [1.82, 2.24) is 4.57 Å². The quantitative estimate of drug-likeness (QED) is 0.161. The summed E-state index contributed by atoms with van der Waals surface area (Å²) >= 11 is 0. The number of fused-ring (bicyclic) bond motifs is 8. The molecule has 2 heterocycles. The van der Waals surface area contributed by atoms with Crippen molar-refractivity contribution in [1.29, 1.82) is 0 Å². The van der Waals surface area contributed by atoms with Crippen LogP contribution in [0, 0.1) is 0 Å². The zero-order valence-corrected chi connectivity index (χ0v) is 33.2. The molecule has 61 heavy (non-hydrogen) atoms. The first-order valence-electron chi connectivity index (χ1n) is 20.8. The third-order valence-electron chi connectivity index (χ3n) is 12.2. The number of anilines is 3. The van der Waals surface area contributed by atoms with Gasteiger partial charge in [0.05, 0.1) is 16.7 Å². The Morgan fingerprint density at radius 1 is 0.328 bits per heavy atom. The highest BCUT2D eigenvalue weighted by molar-refractivity contribution is 6.17. The maximum absolute atomic E-state index is 6.89. The van der Waals surface area contributed by atoms with Crippen LogP contribution in [0.3, 0.4) is 0 Å². The van der Waals surface area contributed by atoms with Gasteiger partial charge in [0.15, 0.2) is 0 Å². The monoisotopic (exact) mass is 778 g/mol. The maximum atomic E-state index is 6.89. The number of rotatable bonds is 7. The number of hydrogen-bond acceptors (Lipinski definition) is 2. The standard InChI is InChI=1S/C58H38N2O/c1-2-14-39(15-3-1)40-28-33-44(34-29-40)59(54-25-9-8-22-50(54)51-23-13-24-52-53-37-32-42-16-4-5-19-47(42)57(53)61-58(51)52)45-35-30-41(31-36-45)43-17-12-18-46(38-43)60-55-26-10-6-20-48(55)49-21-7-11-27-56(49)60/h1-38H. The molecule has 0 N–H and O–H groups in total. The first-order valence-corrected chi connectivity index (χ1v) is 20.8. The second kappa shape index (κ2) is 14.3. The number of para-hydroxylation sites is 4. The van der Waals surface area contributed by atoms with Crippen molar-refractivity contribution in [3.8, 4) is 39.1 Å². The number of hydrogen-bond donors (Lipinski definition) is 0. The van der Waals surface area contributed by atoms with Gasteiger partial charge >= 0.3 is 0 Å². The molecule has 3 heteroatoms. The van der Waals surface area contributed by atoms with Crippen molar-refractivity contribution in [2.24, 2.45) is 0 Å². The van der Waals surface area contributed by atoms with Gasteiger partial charge in [-0.1, -0.05) is 170 Å². The van der Waals surface area contributed by atoms with Crippen molar-refractivity contribution >= 4 is 71.6 Å². The van der Waals surface area contributed by atoms with Gasteiger partial charge in [-0.05, 0) is 88.3 Å². The van der Waals surface area contributed by atoms with E-state index >= 15 is 0 Å². The molecule has 0 saturated heterocycles. The minimum Gasteiger partial charge on any atom is -0.455 e. The predicted molar refractivity (Wildman–Crippen MR) is 257 cm³/mol. The minimum atomic E-state index is 0.888. The van der Waals surface area contributed by atoms with Crippen molar-refractivity contribution in [3.63, 3.8) is 0 Å². The van der Waals surface area contributed by atoms with E-state index in [0.717, 1.165) is 72.3 Å². The van der Waals surface area contributed by atoms with E-state index < -0.39 is 0 Å². The lowest BCUT2D eigenvalue weighted by molar-refractivity contribution is 0.674. The lowest BCUT2D eigenvalue weighted by atomic mass is 9.98. The third-order valence-corrected chi connectivity index (χ3v) is 12.2. The molecule has 12 aromatic rings. The Kier molecular flexibility index (Phi) is 8.17. The van der Waals surface area contributed by atoms with Crippen molar-refractivity contribution in [2.45, 2.75) is 0 Å². The molecule has 0 amide bonds. The van der Waals surface area contributed by atoms with Gasteiger partial charge in [0.25, 0.3) is 0 Å². The zero-order chi connectivity index (χ0) is 40.3. The molecule has 10 aromatic carbocycles. The van der Waals surface area contributed by atoms with Gasteiger partial charge in [0.1, 0.15) is 11.2 Å². The molecular weight excluding hydrogens is 741 g/mol. The maximum Gasteiger partial charge on any atom is 0.143 e. The summed E-state index contributed by atoms with van der Waals surface area (Å²) in [5.41, 5.74) is 15.4. The Balaban J connectivity index is 0.992. The second-order valence-corrected chi connectivity index (χ2v) is 15.7. The molecule has 0 aliphatic carbocycles. The van der Waals surface area contributed by atoms with Crippen LogP contribution in [-0.2, 0) is 0 Å². The van der Waals surface area contributed by atoms with Gasteiger partial charge in [-0.25, -0.2) is 0 Å². The van der Waals surface area contributed by atoms with E-state index in [1.807, 2.05) is 0 Å². The molecule has 0 saturated carbocycles. The molecule has 12 rings (SSSR count). The molecule has 0 spiro atoms. The lowest BCUT2D eigenvalue weighted by Gasteiger charge is -2.28. The highest BCUT2D eigenvalue weighted by Gasteiger charge is 2.21. The van der Waals surface area contributed by atoms with E-state index in [2.05, 4.69) is 240 Å². The van der Waals surface area contributed by atoms with Gasteiger partial charge in [-0.15, -0.1) is 0 Å². The average molecular weight is 779 g/mol. The minimum absolute atomic E-state index is 0.888. The molecule has 2 aromatic heterocycles. The van der Waals surface area contributed by atoms with E-state index in [0.29, 0.717) is 0 Å². The van der Waals surface area contributed by atoms with Crippen molar-refractivity contribution < 1.29 is 4.42 Å². The van der Waals surface area contributed by atoms with Crippen LogP contribution < -0.4 is 4.90 Å². The van der Waals surface area contributed by atoms with E-state index in [-0.39, 0.29) is 0 Å². The van der Waals surface area contributed by atoms with Crippen LogP contribution in [0.4, 0.5) is 17.1 Å². The fraction of sp³-hybridized carbons (Fsp3) is 0. The summed E-state index contributed by atoms with van der Waals surface area (Å²) in [5.74, 6) is 0. The topological polar surface area (TPSA) is 21.3 Å². The molecule has 0 fully saturated rings. The molecule has 0 bridgehead atoms. The summed E-state index contributed by atoms with van der Waals surface area (Å²) < 4.78 is 9.27. The van der Waals surface area contributed by atoms with Crippen molar-refractivity contribution in [3.05, 3.63) is 231 Å². The Bertz CT molecular complexity index is 3520. The summed E-state index contributed by atoms with van der Waals surface area (Å²) in [6.07, 6.45) is 0. The molecule has 286 valence electrons. The number of aromatic nitrogens is 1. The normalized spacial score (nSPS) is 11.6. The number of nitrogens with zero attached hydrogens (tertiary/aromatic N) is 2. The van der Waals surface area contributed by atoms with Crippen LogP contribution in [-0.4, -0.2) is 4.57 Å². The largest absolute Gasteiger partial charge is 0.455 e. The van der Waals surface area contributed by atoms with Crippen LogP contribution in [0.15, 0.2) is 235 Å². The molecule has 0 aliphatic heterocycles. The third kappa shape index (κ3) is 5.82. The summed E-state index contributed by atoms with van der Waals surface area (Å²) in [5, 5.41) is 7.04. The van der Waals surface area contributed by atoms with Gasteiger partial charge in [-0.3, -0.25) is 0 Å². The fourth-order valence-corrected chi connectivity index (χ4v) is 9.32. The van der Waals surface area contributed by atoms with Gasteiger partial charge in [0.2, 0.25) is 0 Å². The van der Waals surface area contributed by atoms with Crippen LogP contribution >= 0.6 is 0 Å². The molecule has 0 unspecified atom stereocenters. The van der Waals surface area contributed by atoms with E-state index in [1.54, 1.807) is 0 Å². The highest BCUT2D eigenvalue weighted by atomic mass is 16.3. The molecular formula is C58H38N2O. The second-order valence-electron chi connectivity index (χ2n) is 15.7. The Hall–Kier alpha value is -8.14. The average Bonchev–Trinajstić information content (AvgIpc) is 3.89. The van der Waals surface area contributed by atoms with E-state index in [9.17, 15) is 0 Å². The molecule has 3 nitrogen and oxygen atoms in total. The van der Waals surface area contributed by atoms with E-state index in [1.165, 1.54) is 38.3 Å². The Morgan fingerprint density at radius 2 is 0.852 bits per heavy atom. The highest BCUT2D eigenvalue weighted by Crippen LogP contribution is 2.46. The first-order chi connectivity index (χ1) is 30.3. The van der Waals surface area contributed by atoms with Crippen LogP contribution in [0.2, 0.25) is 0 Å². The smallest absolute Gasteiger partial charge is 0.143 e. The van der Waals surface area contributed by atoms with Crippen LogP contribution in [0.25, 0.3) is 93.6 Å². The Morgan fingerprint density at radius 3 is 1.59 bits per heavy atom. The summed E-state index contributed by atoms with van der Waals surface area (Å²) in [6.45, 7) is 0. The fourth-order valence-electron chi connectivity index (χ4n) is 9.32. The SMILES string of the molecule is c1ccc(-c2ccc(N(c3ccc(-c4cccc(-n5c6ccccc6c6ccccc65)c4)cc3)c3ccccc3-c3cccc4c3oc3c5ccccc5ccc43)cc2)cc1. The van der Waals surface area contributed by atoms with Gasteiger partial charge < -0.3 is 13.9 Å². The molecule has 0 atom stereocenters. The van der Waals surface area contributed by atoms with Crippen LogP contribution in [0.5, 0.6) is 0 Å². The summed E-state index contributed by atoms with van der Waals surface area (Å²) in [4.78, 5) is 2.37. The van der Waals surface area contributed by atoms with E-state index in [4.69, 9.17) is 4.42 Å². The Labute approximate surface area is 353 Å². The summed E-state index contributed by atoms with van der Waals surface area (Å²) in [7, 11) is 0. The number of furan rings is 1. The van der Waals surface area contributed by atoms with Gasteiger partial charge in [0, 0.05) is 55.1 Å². The molecule has 0 aliphatic rings.